The van der Waals surface area contributed by atoms with Crippen LogP contribution in [0.2, 0.25) is 0 Å². The van der Waals surface area contributed by atoms with E-state index in [1.807, 2.05) is 0 Å². The van der Waals surface area contributed by atoms with Gasteiger partial charge in [-0.1, -0.05) is 5.84 Å². The zero-order valence-electron chi connectivity index (χ0n) is 8.79. The molecule has 0 bridgehead atoms. The molecule has 17 heteroatoms. The SMILES string of the molecule is N[N+](N)(N)O[N+](N)(O[N+](N)(N)N)O[N+](N)(N)N. The minimum Gasteiger partial charge on any atom is -0.102 e. The van der Waals surface area contributed by atoms with E-state index in [9.17, 15) is 0 Å². The Hall–Kier alpha value is -0.680. The number of hydrogen-bond acceptors (Lipinski definition) is 13. The van der Waals surface area contributed by atoms with Crippen LogP contribution in [0.1, 0.15) is 0 Å². The summed E-state index contributed by atoms with van der Waals surface area (Å²) >= 11 is 0. The second-order valence-corrected chi connectivity index (χ2v) is 3.08. The van der Waals surface area contributed by atoms with Crippen LogP contribution in [0, 0.1) is 0 Å². The standard InChI is InChI=1S/H20N14O3/c1-11(2,3)15-14(10,16-12(4,5)6)17-13(7,8)9/h1-10H2/q+4. The summed E-state index contributed by atoms with van der Waals surface area (Å²) in [5.41, 5.74) is 0. The Kier molecular flexibility index (Phi) is 4.35. The van der Waals surface area contributed by atoms with E-state index in [0.717, 1.165) is 0 Å². The van der Waals surface area contributed by atoms with Crippen molar-refractivity contribution >= 4 is 0 Å². The van der Waals surface area contributed by atoms with Crippen LogP contribution >= 0.6 is 0 Å². The highest BCUT2D eigenvalue weighted by Crippen LogP contribution is 2.08. The Labute approximate surface area is 94.4 Å². The minimum atomic E-state index is -2.03. The molecule has 0 radical (unpaired) electrons. The van der Waals surface area contributed by atoms with Gasteiger partial charge in [-0.05, 0) is 0 Å². The van der Waals surface area contributed by atoms with Crippen molar-refractivity contribution in [1.82, 2.24) is 0 Å². The third-order valence-corrected chi connectivity index (χ3v) is 0.766. The van der Waals surface area contributed by atoms with E-state index in [1.54, 1.807) is 0 Å². The van der Waals surface area contributed by atoms with Crippen LogP contribution in [-0.4, -0.2) is 20.0 Å². The van der Waals surface area contributed by atoms with E-state index in [0.29, 0.717) is 0 Å². The summed E-state index contributed by atoms with van der Waals surface area (Å²) in [6.07, 6.45) is 0. The Morgan fingerprint density at radius 2 is 0.588 bits per heavy atom. The average Bonchev–Trinajstić information content (AvgIpc) is 1.65. The first kappa shape index (κ1) is 16.3. The molecule has 0 aliphatic heterocycles. The Balaban J connectivity index is 4.95. The second kappa shape index (κ2) is 4.53. The molecule has 17 heavy (non-hydrogen) atoms. The van der Waals surface area contributed by atoms with Gasteiger partial charge in [0.05, 0.1) is 14.9 Å². The van der Waals surface area contributed by atoms with Crippen molar-refractivity contribution in [3.8, 4) is 0 Å². The molecule has 0 aromatic rings. The summed E-state index contributed by atoms with van der Waals surface area (Å²) in [6, 6.07) is 0. The molecular weight excluding hydrogens is 244 g/mol. The van der Waals surface area contributed by atoms with Crippen molar-refractivity contribution < 1.29 is 34.8 Å². The van der Waals surface area contributed by atoms with Gasteiger partial charge in [0.2, 0.25) is 0 Å². The average molecular weight is 264 g/mol. The van der Waals surface area contributed by atoms with E-state index in [2.05, 4.69) is 14.8 Å². The number of quaternary nitrogens is 4. The molecule has 0 unspecified atom stereocenters. The third kappa shape index (κ3) is 9.06. The molecule has 0 spiro atoms. The summed E-state index contributed by atoms with van der Waals surface area (Å²) in [4.78, 5) is 8.13. The fourth-order valence-electron chi connectivity index (χ4n) is 0.636. The summed E-state index contributed by atoms with van der Waals surface area (Å²) in [5, 5.41) is -2.03. The fraction of sp³-hybridized carbons (Fsp3) is 0. The minimum absolute atomic E-state index is 1.70. The molecule has 0 amide bonds. The van der Waals surface area contributed by atoms with Gasteiger partial charge in [-0.3, -0.25) is 0 Å². The highest BCUT2D eigenvalue weighted by atomic mass is 17.4. The molecule has 0 aliphatic carbocycles. The van der Waals surface area contributed by atoms with Crippen LogP contribution in [0.5, 0.6) is 0 Å². The van der Waals surface area contributed by atoms with Gasteiger partial charge in [-0.2, -0.15) is 0 Å². The van der Waals surface area contributed by atoms with Crippen molar-refractivity contribution in [1.29, 1.82) is 0 Å². The van der Waals surface area contributed by atoms with Crippen molar-refractivity contribution in [2.45, 2.75) is 0 Å². The maximum atomic E-state index is 5.26. The fourth-order valence-corrected chi connectivity index (χ4v) is 0.636. The first-order valence-electron chi connectivity index (χ1n) is 3.68. The summed E-state index contributed by atoms with van der Waals surface area (Å²) in [5.74, 6) is 50.4. The number of rotatable bonds is 6. The second-order valence-electron chi connectivity index (χ2n) is 3.08. The van der Waals surface area contributed by atoms with Gasteiger partial charge < -0.3 is 0 Å². The number of nitrogens with zero attached hydrogens (tertiary/aromatic N) is 4. The lowest BCUT2D eigenvalue weighted by atomic mass is 12.0. The normalized spacial score (nSPS) is 15.2. The Morgan fingerprint density at radius 3 is 0.706 bits per heavy atom. The van der Waals surface area contributed by atoms with Crippen molar-refractivity contribution in [3.63, 3.8) is 0 Å². The van der Waals surface area contributed by atoms with Crippen molar-refractivity contribution in [3.05, 3.63) is 0 Å². The van der Waals surface area contributed by atoms with Gasteiger partial charge >= 0.3 is 5.08 Å². The van der Waals surface area contributed by atoms with E-state index in [4.69, 9.17) is 58.4 Å². The van der Waals surface area contributed by atoms with Crippen LogP contribution in [0.4, 0.5) is 0 Å². The first-order chi connectivity index (χ1) is 7.12. The molecule has 20 N–H and O–H groups in total. The Morgan fingerprint density at radius 1 is 0.412 bits per heavy atom. The lowest BCUT2D eigenvalue weighted by Crippen LogP contribution is -2.82. The van der Waals surface area contributed by atoms with Crippen molar-refractivity contribution in [2.24, 2.45) is 58.4 Å². The van der Waals surface area contributed by atoms with Crippen molar-refractivity contribution in [2.75, 3.05) is 0 Å². The topological polar surface area (TPSA) is 288 Å². The molecule has 0 aliphatic rings. The molecule has 0 rings (SSSR count). The van der Waals surface area contributed by atoms with Gasteiger partial charge in [0.1, 0.15) is 0 Å². The van der Waals surface area contributed by atoms with Gasteiger partial charge in [0, 0.05) is 0 Å². The molecule has 0 saturated carbocycles. The molecule has 0 heterocycles. The molecule has 0 atom stereocenters. The highest BCUT2D eigenvalue weighted by molar-refractivity contribution is 3.52. The van der Waals surface area contributed by atoms with Gasteiger partial charge in [-0.15, -0.1) is 52.6 Å². The van der Waals surface area contributed by atoms with E-state index < -0.39 is 20.0 Å². The first-order valence-corrected chi connectivity index (χ1v) is 3.68. The molecule has 0 aromatic heterocycles. The van der Waals surface area contributed by atoms with Gasteiger partial charge in [0.25, 0.3) is 0 Å². The quantitative estimate of drug-likeness (QED) is 0.121. The van der Waals surface area contributed by atoms with Gasteiger partial charge in [-0.25, -0.2) is 0 Å². The van der Waals surface area contributed by atoms with Crippen LogP contribution in [-0.2, 0) is 14.8 Å². The van der Waals surface area contributed by atoms with Crippen LogP contribution < -0.4 is 58.4 Å². The molecular formula is H20N14O3+4. The molecule has 0 aromatic carbocycles. The lowest BCUT2D eigenvalue weighted by molar-refractivity contribution is -1.63. The van der Waals surface area contributed by atoms with Crippen LogP contribution in [0.15, 0.2) is 0 Å². The molecule has 0 fully saturated rings. The van der Waals surface area contributed by atoms with E-state index >= 15 is 0 Å². The van der Waals surface area contributed by atoms with E-state index in [-0.39, 0.29) is 0 Å². The maximum absolute atomic E-state index is 5.26. The summed E-state index contributed by atoms with van der Waals surface area (Å²) < 4.78 is 0. The zero-order chi connectivity index (χ0) is 14.1. The molecule has 17 nitrogen and oxygen atoms in total. The highest BCUT2D eigenvalue weighted by Gasteiger charge is 2.57. The van der Waals surface area contributed by atoms with Gasteiger partial charge in [0.15, 0.2) is 14.8 Å². The predicted molar refractivity (Wildman–Crippen MR) is 46.2 cm³/mol. The van der Waals surface area contributed by atoms with E-state index in [1.165, 1.54) is 0 Å². The smallest absolute Gasteiger partial charge is 0.102 e. The van der Waals surface area contributed by atoms with Crippen LogP contribution in [0.3, 0.4) is 0 Å². The molecule has 104 valence electrons. The lowest BCUT2D eigenvalue weighted by Gasteiger charge is -2.26. The summed E-state index contributed by atoms with van der Waals surface area (Å²) in [7, 11) is 0. The largest absolute Gasteiger partial charge is 0.349 e. The monoisotopic (exact) mass is 264 g/mol. The number of nitrogens with two attached hydrogens (primary N) is 10. The summed E-state index contributed by atoms with van der Waals surface area (Å²) in [6.45, 7) is 0. The Bertz CT molecular complexity index is 197. The predicted octanol–water partition coefficient (Wildman–Crippen LogP) is -7.47. The zero-order valence-corrected chi connectivity index (χ0v) is 8.79. The number of hydrogen-bond donors (Lipinski definition) is 10. The molecule has 0 saturated heterocycles. The maximum Gasteiger partial charge on any atom is 0.349 e. The van der Waals surface area contributed by atoms with Crippen LogP contribution in [0.25, 0.3) is 0 Å². The third-order valence-electron chi connectivity index (χ3n) is 0.766.